The third kappa shape index (κ3) is 0.936. The van der Waals surface area contributed by atoms with E-state index in [9.17, 15) is 8.78 Å². The zero-order valence-electron chi connectivity index (χ0n) is 5.67. The Morgan fingerprint density at radius 2 is 1.89 bits per heavy atom. The Morgan fingerprint density at radius 1 is 1.33 bits per heavy atom. The van der Waals surface area contributed by atoms with Gasteiger partial charge in [0.2, 0.25) is 0 Å². The van der Waals surface area contributed by atoms with Gasteiger partial charge in [0.15, 0.2) is 0 Å². The lowest BCUT2D eigenvalue weighted by Gasteiger charge is -2.25. The van der Waals surface area contributed by atoms with Gasteiger partial charge in [0.1, 0.15) is 0 Å². The molecule has 54 valence electrons. The van der Waals surface area contributed by atoms with E-state index in [1.165, 1.54) is 13.8 Å². The summed E-state index contributed by atoms with van der Waals surface area (Å²) in [6, 6.07) is 0. The first kappa shape index (κ1) is 6.93. The summed E-state index contributed by atoms with van der Waals surface area (Å²) in [5.41, 5.74) is -0.993. The minimum absolute atomic E-state index is 0.0278. The lowest BCUT2D eigenvalue weighted by molar-refractivity contribution is -0.0455. The van der Waals surface area contributed by atoms with Gasteiger partial charge in [-0.1, -0.05) is 0 Å². The van der Waals surface area contributed by atoms with Crippen molar-refractivity contribution < 1.29 is 8.78 Å². The monoisotopic (exact) mass is 135 g/mol. The molecule has 1 nitrogen and oxygen atoms in total. The highest BCUT2D eigenvalue weighted by atomic mass is 19.3. The van der Waals surface area contributed by atoms with Gasteiger partial charge in [0, 0.05) is 13.0 Å². The molecule has 1 rings (SSSR count). The number of rotatable bonds is 0. The number of alkyl halides is 2. The largest absolute Gasteiger partial charge is 0.306 e. The van der Waals surface area contributed by atoms with Crippen molar-refractivity contribution in [3.63, 3.8) is 0 Å². The molecule has 0 unspecified atom stereocenters. The molecule has 1 aliphatic rings. The van der Waals surface area contributed by atoms with Crippen LogP contribution < -0.4 is 5.32 Å². The molecule has 1 saturated heterocycles. The summed E-state index contributed by atoms with van der Waals surface area (Å²) in [5, 5.41) is 2.74. The molecule has 1 N–H and O–H groups in total. The highest BCUT2D eigenvalue weighted by molar-refractivity contribution is 4.98. The Balaban J connectivity index is 2.75. The topological polar surface area (TPSA) is 12.0 Å². The van der Waals surface area contributed by atoms with E-state index in [0.29, 0.717) is 6.54 Å². The minimum atomic E-state index is -2.52. The zero-order valence-corrected chi connectivity index (χ0v) is 5.67. The first-order chi connectivity index (χ1) is 3.96. The van der Waals surface area contributed by atoms with Crippen molar-refractivity contribution in [2.45, 2.75) is 31.7 Å². The summed E-state index contributed by atoms with van der Waals surface area (Å²) in [6.45, 7) is 3.49. The van der Waals surface area contributed by atoms with Gasteiger partial charge in [0.25, 0.3) is 5.92 Å². The molecule has 0 spiro atoms. The van der Waals surface area contributed by atoms with Crippen LogP contribution in [0.5, 0.6) is 0 Å². The summed E-state index contributed by atoms with van der Waals surface area (Å²) in [4.78, 5) is 0. The van der Waals surface area contributed by atoms with Gasteiger partial charge in [-0.25, -0.2) is 8.78 Å². The standard InChI is InChI=1S/C6H11F2N/c1-5(2)6(7,8)3-4-9-5/h9H,3-4H2,1-2H3. The van der Waals surface area contributed by atoms with Crippen LogP contribution in [-0.4, -0.2) is 18.0 Å². The van der Waals surface area contributed by atoms with Crippen LogP contribution in [-0.2, 0) is 0 Å². The molecule has 0 aromatic rings. The zero-order chi connectivity index (χ0) is 7.12. The van der Waals surface area contributed by atoms with Gasteiger partial charge in [0.05, 0.1) is 5.54 Å². The Kier molecular flexibility index (Phi) is 1.28. The molecular formula is C6H11F2N. The first-order valence-corrected chi connectivity index (χ1v) is 3.09. The van der Waals surface area contributed by atoms with Crippen LogP contribution in [0, 0.1) is 0 Å². The molecule has 1 aliphatic heterocycles. The average molecular weight is 135 g/mol. The van der Waals surface area contributed by atoms with Gasteiger partial charge < -0.3 is 5.32 Å². The van der Waals surface area contributed by atoms with E-state index in [4.69, 9.17) is 0 Å². The molecule has 0 aromatic heterocycles. The van der Waals surface area contributed by atoms with Crippen LogP contribution in [0.15, 0.2) is 0 Å². The molecule has 3 heteroatoms. The van der Waals surface area contributed by atoms with Crippen molar-refractivity contribution in [2.75, 3.05) is 6.54 Å². The van der Waals surface area contributed by atoms with E-state index in [2.05, 4.69) is 5.32 Å². The third-order valence-corrected chi connectivity index (χ3v) is 1.92. The normalized spacial score (nSPS) is 30.7. The smallest absolute Gasteiger partial charge is 0.266 e. The van der Waals surface area contributed by atoms with Crippen molar-refractivity contribution in [2.24, 2.45) is 0 Å². The molecule has 1 heterocycles. The fourth-order valence-electron chi connectivity index (χ4n) is 0.974. The molecule has 1 fully saturated rings. The molecule has 0 bridgehead atoms. The first-order valence-electron chi connectivity index (χ1n) is 3.09. The van der Waals surface area contributed by atoms with Crippen LogP contribution in [0.4, 0.5) is 8.78 Å². The predicted octanol–water partition coefficient (Wildman–Crippen LogP) is 1.39. The molecule has 0 atom stereocenters. The molecule has 0 amide bonds. The van der Waals surface area contributed by atoms with Crippen LogP contribution >= 0.6 is 0 Å². The Hall–Kier alpha value is -0.180. The number of hydrogen-bond donors (Lipinski definition) is 1. The third-order valence-electron chi connectivity index (χ3n) is 1.92. The minimum Gasteiger partial charge on any atom is -0.306 e. The second kappa shape index (κ2) is 1.66. The van der Waals surface area contributed by atoms with Crippen molar-refractivity contribution in [1.82, 2.24) is 5.32 Å². The Labute approximate surface area is 53.4 Å². The van der Waals surface area contributed by atoms with Gasteiger partial charge in [-0.2, -0.15) is 0 Å². The number of halogens is 2. The van der Waals surface area contributed by atoms with E-state index < -0.39 is 11.5 Å². The summed E-state index contributed by atoms with van der Waals surface area (Å²) in [5.74, 6) is -2.52. The van der Waals surface area contributed by atoms with Gasteiger partial charge in [-0.05, 0) is 13.8 Å². The van der Waals surface area contributed by atoms with Crippen LogP contribution in [0.2, 0.25) is 0 Å². The quantitative estimate of drug-likeness (QED) is 0.529. The van der Waals surface area contributed by atoms with E-state index in [1.807, 2.05) is 0 Å². The summed E-state index contributed by atoms with van der Waals surface area (Å²) < 4.78 is 25.3. The Morgan fingerprint density at radius 3 is 2.00 bits per heavy atom. The van der Waals surface area contributed by atoms with Crippen LogP contribution in [0.3, 0.4) is 0 Å². The number of hydrogen-bond acceptors (Lipinski definition) is 1. The van der Waals surface area contributed by atoms with Crippen LogP contribution in [0.1, 0.15) is 20.3 Å². The maximum absolute atomic E-state index is 12.7. The maximum atomic E-state index is 12.7. The lowest BCUT2D eigenvalue weighted by Crippen LogP contribution is -2.45. The molecule has 0 radical (unpaired) electrons. The highest BCUT2D eigenvalue weighted by Crippen LogP contribution is 2.35. The van der Waals surface area contributed by atoms with E-state index in [0.717, 1.165) is 0 Å². The molecule has 0 saturated carbocycles. The summed E-state index contributed by atoms with van der Waals surface area (Å²) in [7, 11) is 0. The van der Waals surface area contributed by atoms with Crippen molar-refractivity contribution in [3.05, 3.63) is 0 Å². The van der Waals surface area contributed by atoms with Crippen molar-refractivity contribution in [1.29, 1.82) is 0 Å². The van der Waals surface area contributed by atoms with Gasteiger partial charge >= 0.3 is 0 Å². The van der Waals surface area contributed by atoms with Gasteiger partial charge in [-0.3, -0.25) is 0 Å². The highest BCUT2D eigenvalue weighted by Gasteiger charge is 2.50. The predicted molar refractivity (Wildman–Crippen MR) is 31.6 cm³/mol. The van der Waals surface area contributed by atoms with Crippen molar-refractivity contribution >= 4 is 0 Å². The fourth-order valence-corrected chi connectivity index (χ4v) is 0.974. The van der Waals surface area contributed by atoms with E-state index >= 15 is 0 Å². The maximum Gasteiger partial charge on any atom is 0.266 e. The molecular weight excluding hydrogens is 124 g/mol. The lowest BCUT2D eigenvalue weighted by atomic mass is 9.99. The van der Waals surface area contributed by atoms with Gasteiger partial charge in [-0.15, -0.1) is 0 Å². The van der Waals surface area contributed by atoms with Crippen molar-refractivity contribution in [3.8, 4) is 0 Å². The average Bonchev–Trinajstić information content (AvgIpc) is 1.81. The number of nitrogens with one attached hydrogen (secondary N) is 1. The second-order valence-corrected chi connectivity index (χ2v) is 3.01. The Bertz CT molecular complexity index is 106. The fraction of sp³-hybridized carbons (Fsp3) is 1.00. The van der Waals surface area contributed by atoms with E-state index in [1.54, 1.807) is 0 Å². The molecule has 9 heavy (non-hydrogen) atoms. The SMILES string of the molecule is CC1(C)NCCC1(F)F. The summed E-state index contributed by atoms with van der Waals surface area (Å²) >= 11 is 0. The molecule has 0 aromatic carbocycles. The van der Waals surface area contributed by atoms with E-state index in [-0.39, 0.29) is 6.42 Å². The molecule has 0 aliphatic carbocycles. The summed E-state index contributed by atoms with van der Waals surface area (Å²) in [6.07, 6.45) is -0.0278. The second-order valence-electron chi connectivity index (χ2n) is 3.01. The van der Waals surface area contributed by atoms with Crippen LogP contribution in [0.25, 0.3) is 0 Å².